The molecule has 0 aliphatic heterocycles. The highest BCUT2D eigenvalue weighted by atomic mass is 16.6. The van der Waals surface area contributed by atoms with Crippen molar-refractivity contribution in [2.24, 2.45) is 0 Å². The molecule has 1 heterocycles. The van der Waals surface area contributed by atoms with Crippen molar-refractivity contribution in [3.05, 3.63) is 24.2 Å². The van der Waals surface area contributed by atoms with Gasteiger partial charge in [0, 0.05) is 12.5 Å². The highest BCUT2D eigenvalue weighted by Crippen LogP contribution is 2.03. The van der Waals surface area contributed by atoms with Crippen molar-refractivity contribution >= 4 is 0 Å². The van der Waals surface area contributed by atoms with E-state index in [9.17, 15) is 0 Å². The first-order valence-electron chi connectivity index (χ1n) is 3.64. The number of hydroxylamine groups is 1. The molecule has 0 amide bonds. The minimum absolute atomic E-state index is 0.283. The molecule has 1 rings (SSSR count). The van der Waals surface area contributed by atoms with Gasteiger partial charge in [-0.1, -0.05) is 0 Å². The minimum atomic E-state index is 0.283. The Morgan fingerprint density at radius 2 is 2.55 bits per heavy atom. The molecule has 1 aromatic heterocycles. The maximum absolute atomic E-state index is 5.15. The fourth-order valence-corrected chi connectivity index (χ4v) is 0.973. The predicted octanol–water partition coefficient (Wildman–Crippen LogP) is 1.36. The summed E-state index contributed by atoms with van der Waals surface area (Å²) in [6, 6.07) is 4.12. The summed E-state index contributed by atoms with van der Waals surface area (Å²) in [5.74, 6) is 0.974. The molecule has 1 unspecified atom stereocenters. The van der Waals surface area contributed by atoms with Crippen LogP contribution in [-0.4, -0.2) is 13.2 Å². The maximum Gasteiger partial charge on any atom is 0.105 e. The summed E-state index contributed by atoms with van der Waals surface area (Å²) in [6.07, 6.45) is 2.52. The van der Waals surface area contributed by atoms with Crippen LogP contribution in [0.3, 0.4) is 0 Å². The zero-order valence-electron chi connectivity index (χ0n) is 6.83. The van der Waals surface area contributed by atoms with Gasteiger partial charge in [0.05, 0.1) is 13.4 Å². The molecule has 62 valence electrons. The van der Waals surface area contributed by atoms with Crippen molar-refractivity contribution in [2.45, 2.75) is 19.4 Å². The van der Waals surface area contributed by atoms with Gasteiger partial charge in [-0.05, 0) is 19.1 Å². The topological polar surface area (TPSA) is 34.4 Å². The van der Waals surface area contributed by atoms with Gasteiger partial charge in [0.1, 0.15) is 5.76 Å². The molecule has 0 aliphatic rings. The van der Waals surface area contributed by atoms with Crippen LogP contribution in [0, 0.1) is 0 Å². The molecule has 0 saturated heterocycles. The first-order valence-corrected chi connectivity index (χ1v) is 3.64. The lowest BCUT2D eigenvalue weighted by atomic mass is 10.2. The SMILES string of the molecule is CONC(C)Cc1ccco1. The largest absolute Gasteiger partial charge is 0.469 e. The third kappa shape index (κ3) is 2.74. The van der Waals surface area contributed by atoms with Gasteiger partial charge in [-0.2, -0.15) is 5.48 Å². The number of nitrogens with one attached hydrogen (secondary N) is 1. The average Bonchev–Trinajstić information content (AvgIpc) is 2.40. The summed E-state index contributed by atoms with van der Waals surface area (Å²) in [5.41, 5.74) is 2.82. The van der Waals surface area contributed by atoms with Crippen molar-refractivity contribution in [1.82, 2.24) is 5.48 Å². The van der Waals surface area contributed by atoms with Crippen LogP contribution in [0.2, 0.25) is 0 Å². The normalized spacial score (nSPS) is 13.3. The van der Waals surface area contributed by atoms with Gasteiger partial charge in [-0.25, -0.2) is 0 Å². The molecule has 1 aromatic rings. The van der Waals surface area contributed by atoms with E-state index in [1.165, 1.54) is 0 Å². The smallest absolute Gasteiger partial charge is 0.105 e. The molecule has 0 bridgehead atoms. The molecule has 0 spiro atoms. The third-order valence-corrected chi connectivity index (χ3v) is 1.41. The average molecular weight is 155 g/mol. The van der Waals surface area contributed by atoms with Crippen molar-refractivity contribution in [3.63, 3.8) is 0 Å². The highest BCUT2D eigenvalue weighted by Gasteiger charge is 2.03. The van der Waals surface area contributed by atoms with Crippen LogP contribution in [0.25, 0.3) is 0 Å². The van der Waals surface area contributed by atoms with E-state index in [1.54, 1.807) is 13.4 Å². The molecule has 1 N–H and O–H groups in total. The second-order valence-electron chi connectivity index (χ2n) is 2.51. The Morgan fingerprint density at radius 3 is 3.09 bits per heavy atom. The first-order chi connectivity index (χ1) is 5.33. The summed E-state index contributed by atoms with van der Waals surface area (Å²) in [6.45, 7) is 2.03. The van der Waals surface area contributed by atoms with Crippen LogP contribution in [0.15, 0.2) is 22.8 Å². The molecule has 11 heavy (non-hydrogen) atoms. The first kappa shape index (κ1) is 8.30. The molecule has 3 nitrogen and oxygen atoms in total. The lowest BCUT2D eigenvalue weighted by Gasteiger charge is -2.08. The van der Waals surface area contributed by atoms with E-state index in [0.717, 1.165) is 12.2 Å². The fraction of sp³-hybridized carbons (Fsp3) is 0.500. The Labute approximate surface area is 66.3 Å². The van der Waals surface area contributed by atoms with Crippen LogP contribution in [0.4, 0.5) is 0 Å². The van der Waals surface area contributed by atoms with Gasteiger partial charge in [0.25, 0.3) is 0 Å². The van der Waals surface area contributed by atoms with Crippen LogP contribution >= 0.6 is 0 Å². The Kier molecular flexibility index (Phi) is 3.14. The molecule has 0 fully saturated rings. The van der Waals surface area contributed by atoms with Crippen LogP contribution in [0.5, 0.6) is 0 Å². The van der Waals surface area contributed by atoms with E-state index >= 15 is 0 Å². The standard InChI is InChI=1S/C8H13NO2/c1-7(9-10-2)6-8-4-3-5-11-8/h3-5,7,9H,6H2,1-2H3. The van der Waals surface area contributed by atoms with Crippen molar-refractivity contribution in [1.29, 1.82) is 0 Å². The predicted molar refractivity (Wildman–Crippen MR) is 42.0 cm³/mol. The van der Waals surface area contributed by atoms with E-state index in [0.29, 0.717) is 0 Å². The second-order valence-corrected chi connectivity index (χ2v) is 2.51. The molecular weight excluding hydrogens is 142 g/mol. The summed E-state index contributed by atoms with van der Waals surface area (Å²) < 4.78 is 5.15. The van der Waals surface area contributed by atoms with Crippen molar-refractivity contribution in [3.8, 4) is 0 Å². The third-order valence-electron chi connectivity index (χ3n) is 1.41. The van der Waals surface area contributed by atoms with Gasteiger partial charge in [0.2, 0.25) is 0 Å². The highest BCUT2D eigenvalue weighted by molar-refractivity contribution is 4.99. The van der Waals surface area contributed by atoms with Crippen LogP contribution in [-0.2, 0) is 11.3 Å². The number of furan rings is 1. The van der Waals surface area contributed by atoms with E-state index < -0.39 is 0 Å². The molecule has 0 aromatic carbocycles. The second kappa shape index (κ2) is 4.16. The lowest BCUT2D eigenvalue weighted by Crippen LogP contribution is -2.26. The van der Waals surface area contributed by atoms with E-state index in [2.05, 4.69) is 5.48 Å². The Hall–Kier alpha value is -0.800. The zero-order valence-corrected chi connectivity index (χ0v) is 6.83. The molecule has 0 aliphatic carbocycles. The van der Waals surface area contributed by atoms with E-state index in [1.807, 2.05) is 19.1 Å². The van der Waals surface area contributed by atoms with Crippen molar-refractivity contribution < 1.29 is 9.25 Å². The molecule has 0 saturated carbocycles. The zero-order chi connectivity index (χ0) is 8.10. The summed E-state index contributed by atoms with van der Waals surface area (Å²) in [4.78, 5) is 4.76. The molecule has 3 heteroatoms. The van der Waals surface area contributed by atoms with E-state index in [4.69, 9.17) is 9.25 Å². The minimum Gasteiger partial charge on any atom is -0.469 e. The summed E-state index contributed by atoms with van der Waals surface area (Å²) in [5, 5.41) is 0. The Bertz CT molecular complexity index is 184. The Morgan fingerprint density at radius 1 is 1.73 bits per heavy atom. The number of hydrogen-bond donors (Lipinski definition) is 1. The Balaban J connectivity index is 2.31. The van der Waals surface area contributed by atoms with Gasteiger partial charge < -0.3 is 9.25 Å². The van der Waals surface area contributed by atoms with Crippen LogP contribution < -0.4 is 5.48 Å². The molecular formula is C8H13NO2. The lowest BCUT2D eigenvalue weighted by molar-refractivity contribution is 0.0646. The van der Waals surface area contributed by atoms with Gasteiger partial charge >= 0.3 is 0 Å². The molecule has 0 radical (unpaired) electrons. The van der Waals surface area contributed by atoms with E-state index in [-0.39, 0.29) is 6.04 Å². The maximum atomic E-state index is 5.15. The number of hydrogen-bond acceptors (Lipinski definition) is 3. The number of rotatable bonds is 4. The van der Waals surface area contributed by atoms with Crippen LogP contribution in [0.1, 0.15) is 12.7 Å². The van der Waals surface area contributed by atoms with Gasteiger partial charge in [-0.3, -0.25) is 0 Å². The quantitative estimate of drug-likeness (QED) is 0.667. The molecule has 1 atom stereocenters. The monoisotopic (exact) mass is 155 g/mol. The van der Waals surface area contributed by atoms with Crippen molar-refractivity contribution in [2.75, 3.05) is 7.11 Å². The summed E-state index contributed by atoms with van der Waals surface area (Å²) in [7, 11) is 1.61. The van der Waals surface area contributed by atoms with Gasteiger partial charge in [0.15, 0.2) is 0 Å². The van der Waals surface area contributed by atoms with Gasteiger partial charge in [-0.15, -0.1) is 0 Å². The fourth-order valence-electron chi connectivity index (χ4n) is 0.973. The summed E-state index contributed by atoms with van der Waals surface area (Å²) >= 11 is 0.